The molecule has 2 nitrogen and oxygen atoms in total. The fourth-order valence-corrected chi connectivity index (χ4v) is 3.20. The van der Waals surface area contributed by atoms with Crippen molar-refractivity contribution >= 4 is 27.3 Å². The van der Waals surface area contributed by atoms with Crippen LogP contribution in [0.2, 0.25) is 0 Å². The minimum Gasteiger partial charge on any atom is -0.326 e. The Morgan fingerprint density at radius 3 is 2.72 bits per heavy atom. The van der Waals surface area contributed by atoms with Crippen LogP contribution < -0.4 is 5.73 Å². The number of hydrogen-bond acceptors (Lipinski definition) is 3. The third-order valence-electron chi connectivity index (χ3n) is 2.80. The highest BCUT2D eigenvalue weighted by atomic mass is 79.9. The third-order valence-corrected chi connectivity index (χ3v) is 4.40. The lowest BCUT2D eigenvalue weighted by Gasteiger charge is -2.17. The molecule has 0 radical (unpaired) electrons. The van der Waals surface area contributed by atoms with Crippen LogP contribution in [0.4, 0.5) is 0 Å². The number of nitrogens with zero attached hydrogens (tertiary/aromatic N) is 1. The van der Waals surface area contributed by atoms with Gasteiger partial charge in [-0.05, 0) is 35.7 Å². The van der Waals surface area contributed by atoms with E-state index in [0.29, 0.717) is 6.54 Å². The molecular formula is C14H17BrN2S. The number of rotatable bonds is 5. The fourth-order valence-electron chi connectivity index (χ4n) is 1.86. The van der Waals surface area contributed by atoms with Gasteiger partial charge in [0.05, 0.1) is 0 Å². The summed E-state index contributed by atoms with van der Waals surface area (Å²) in [5, 5.41) is 2.12. The summed E-state index contributed by atoms with van der Waals surface area (Å²) in [6, 6.07) is 10.6. The fraction of sp³-hybridized carbons (Fsp3) is 0.286. The van der Waals surface area contributed by atoms with E-state index in [2.05, 4.69) is 63.6 Å². The molecule has 0 aliphatic carbocycles. The first-order valence-corrected chi connectivity index (χ1v) is 7.54. The molecule has 0 atom stereocenters. The molecule has 0 aliphatic heterocycles. The Hall–Kier alpha value is -0.680. The lowest BCUT2D eigenvalue weighted by molar-refractivity contribution is 0.321. The maximum Gasteiger partial charge on any atom is 0.0328 e. The second-order valence-electron chi connectivity index (χ2n) is 4.38. The summed E-state index contributed by atoms with van der Waals surface area (Å²) >= 11 is 5.42. The van der Waals surface area contributed by atoms with E-state index < -0.39 is 0 Å². The molecule has 2 rings (SSSR count). The van der Waals surface area contributed by atoms with Crippen LogP contribution in [0.25, 0.3) is 0 Å². The molecule has 0 bridgehead atoms. The largest absolute Gasteiger partial charge is 0.326 e. The first kappa shape index (κ1) is 13.7. The van der Waals surface area contributed by atoms with Gasteiger partial charge in [0, 0.05) is 29.0 Å². The molecule has 0 spiro atoms. The van der Waals surface area contributed by atoms with Crippen LogP contribution in [-0.4, -0.2) is 11.9 Å². The average Bonchev–Trinajstić information content (AvgIpc) is 2.84. The van der Waals surface area contributed by atoms with Crippen molar-refractivity contribution in [2.24, 2.45) is 5.73 Å². The topological polar surface area (TPSA) is 29.3 Å². The molecule has 2 aromatic rings. The monoisotopic (exact) mass is 324 g/mol. The van der Waals surface area contributed by atoms with E-state index in [-0.39, 0.29) is 0 Å². The molecular weight excluding hydrogens is 308 g/mol. The summed E-state index contributed by atoms with van der Waals surface area (Å²) < 4.78 is 1.14. The molecule has 0 amide bonds. The molecule has 2 N–H and O–H groups in total. The van der Waals surface area contributed by atoms with Crippen molar-refractivity contribution in [3.63, 3.8) is 0 Å². The highest BCUT2D eigenvalue weighted by Crippen LogP contribution is 2.21. The van der Waals surface area contributed by atoms with E-state index in [4.69, 9.17) is 5.73 Å². The van der Waals surface area contributed by atoms with Gasteiger partial charge in [0.2, 0.25) is 0 Å². The molecule has 0 aliphatic rings. The molecule has 0 saturated heterocycles. The normalized spacial score (nSPS) is 11.1. The molecule has 1 aromatic heterocycles. The van der Waals surface area contributed by atoms with Crippen LogP contribution in [0.5, 0.6) is 0 Å². The zero-order valence-corrected chi connectivity index (χ0v) is 12.8. The van der Waals surface area contributed by atoms with Crippen molar-refractivity contribution in [1.82, 2.24) is 4.90 Å². The van der Waals surface area contributed by atoms with Crippen molar-refractivity contribution < 1.29 is 0 Å². The number of benzene rings is 1. The van der Waals surface area contributed by atoms with Gasteiger partial charge in [-0.1, -0.05) is 34.1 Å². The summed E-state index contributed by atoms with van der Waals surface area (Å²) in [7, 11) is 2.14. The maximum atomic E-state index is 5.63. The summed E-state index contributed by atoms with van der Waals surface area (Å²) in [6.45, 7) is 2.51. The predicted octanol–water partition coefficient (Wildman–Crippen LogP) is 3.60. The van der Waals surface area contributed by atoms with Gasteiger partial charge in [0.15, 0.2) is 0 Å². The molecule has 4 heteroatoms. The highest BCUT2D eigenvalue weighted by molar-refractivity contribution is 9.10. The standard InChI is InChI=1S/C14H17BrN2S/c1-17(10-13-3-2-6-18-13)9-12-5-4-11(8-16)7-14(12)15/h2-7H,8-10,16H2,1H3. The molecule has 96 valence electrons. The van der Waals surface area contributed by atoms with E-state index in [1.807, 2.05) is 0 Å². The van der Waals surface area contributed by atoms with Gasteiger partial charge in [-0.3, -0.25) is 4.90 Å². The van der Waals surface area contributed by atoms with Crippen LogP contribution in [-0.2, 0) is 19.6 Å². The third kappa shape index (κ3) is 3.65. The van der Waals surface area contributed by atoms with Crippen molar-refractivity contribution in [1.29, 1.82) is 0 Å². The van der Waals surface area contributed by atoms with E-state index in [1.165, 1.54) is 10.4 Å². The Morgan fingerprint density at radius 1 is 1.28 bits per heavy atom. The Kier molecular flexibility index (Phi) is 4.95. The van der Waals surface area contributed by atoms with Gasteiger partial charge in [0.25, 0.3) is 0 Å². The van der Waals surface area contributed by atoms with Crippen molar-refractivity contribution in [3.05, 3.63) is 56.2 Å². The van der Waals surface area contributed by atoms with Gasteiger partial charge in [-0.25, -0.2) is 0 Å². The number of halogens is 1. The van der Waals surface area contributed by atoms with Crippen LogP contribution in [0.3, 0.4) is 0 Å². The number of hydrogen-bond donors (Lipinski definition) is 1. The van der Waals surface area contributed by atoms with Gasteiger partial charge < -0.3 is 5.73 Å². The Bertz CT molecular complexity index is 497. The molecule has 0 fully saturated rings. The highest BCUT2D eigenvalue weighted by Gasteiger charge is 2.06. The summed E-state index contributed by atoms with van der Waals surface area (Å²) in [6.07, 6.45) is 0. The van der Waals surface area contributed by atoms with E-state index >= 15 is 0 Å². The second kappa shape index (κ2) is 6.48. The van der Waals surface area contributed by atoms with Crippen LogP contribution >= 0.6 is 27.3 Å². The molecule has 0 saturated carbocycles. The molecule has 1 aromatic carbocycles. The summed E-state index contributed by atoms with van der Waals surface area (Å²) in [5.41, 5.74) is 8.09. The van der Waals surface area contributed by atoms with E-state index in [9.17, 15) is 0 Å². The lowest BCUT2D eigenvalue weighted by Crippen LogP contribution is -2.16. The minimum atomic E-state index is 0.587. The van der Waals surface area contributed by atoms with Crippen molar-refractivity contribution in [2.45, 2.75) is 19.6 Å². The number of thiophene rings is 1. The SMILES string of the molecule is CN(Cc1cccs1)Cc1ccc(CN)cc1Br. The second-order valence-corrected chi connectivity index (χ2v) is 6.27. The van der Waals surface area contributed by atoms with E-state index in [1.54, 1.807) is 11.3 Å². The van der Waals surface area contributed by atoms with Crippen LogP contribution in [0.15, 0.2) is 40.2 Å². The Balaban J connectivity index is 2.00. The lowest BCUT2D eigenvalue weighted by atomic mass is 10.1. The van der Waals surface area contributed by atoms with Gasteiger partial charge >= 0.3 is 0 Å². The van der Waals surface area contributed by atoms with Crippen LogP contribution in [0, 0.1) is 0 Å². The van der Waals surface area contributed by atoms with Crippen molar-refractivity contribution in [3.8, 4) is 0 Å². The van der Waals surface area contributed by atoms with Crippen LogP contribution in [0.1, 0.15) is 16.0 Å². The first-order chi connectivity index (χ1) is 8.69. The quantitative estimate of drug-likeness (QED) is 0.910. The van der Waals surface area contributed by atoms with Crippen molar-refractivity contribution in [2.75, 3.05) is 7.05 Å². The maximum absolute atomic E-state index is 5.63. The van der Waals surface area contributed by atoms with Gasteiger partial charge in [-0.15, -0.1) is 11.3 Å². The summed E-state index contributed by atoms with van der Waals surface area (Å²) in [4.78, 5) is 3.71. The number of nitrogens with two attached hydrogens (primary N) is 1. The zero-order chi connectivity index (χ0) is 13.0. The summed E-state index contributed by atoms with van der Waals surface area (Å²) in [5.74, 6) is 0. The predicted molar refractivity (Wildman–Crippen MR) is 81.5 cm³/mol. The van der Waals surface area contributed by atoms with Gasteiger partial charge in [-0.2, -0.15) is 0 Å². The smallest absolute Gasteiger partial charge is 0.0328 e. The average molecular weight is 325 g/mol. The molecule has 18 heavy (non-hydrogen) atoms. The zero-order valence-electron chi connectivity index (χ0n) is 10.4. The first-order valence-electron chi connectivity index (χ1n) is 5.87. The Morgan fingerprint density at radius 2 is 2.11 bits per heavy atom. The molecule has 0 unspecified atom stereocenters. The Labute approximate surface area is 121 Å². The molecule has 1 heterocycles. The van der Waals surface area contributed by atoms with E-state index in [0.717, 1.165) is 23.1 Å². The van der Waals surface area contributed by atoms with Gasteiger partial charge in [0.1, 0.15) is 0 Å². The minimum absolute atomic E-state index is 0.587.